The van der Waals surface area contributed by atoms with E-state index in [9.17, 15) is 4.79 Å². The third-order valence-corrected chi connectivity index (χ3v) is 4.10. The largest absolute Gasteiger partial charge is 0.485 e. The first-order valence-corrected chi connectivity index (χ1v) is 7.55. The molecule has 1 amide bonds. The molecule has 2 heterocycles. The number of benzene rings is 1. The summed E-state index contributed by atoms with van der Waals surface area (Å²) in [7, 11) is 0. The monoisotopic (exact) mass is 289 g/mol. The number of rotatable bonds is 0. The molecule has 4 nitrogen and oxygen atoms in total. The number of ether oxygens (including phenoxy) is 2. The van der Waals surface area contributed by atoms with Gasteiger partial charge < -0.3 is 14.4 Å². The Morgan fingerprint density at radius 2 is 2.10 bits per heavy atom. The Morgan fingerprint density at radius 1 is 1.38 bits per heavy atom. The van der Waals surface area contributed by atoms with Crippen LogP contribution >= 0.6 is 0 Å². The Labute approximate surface area is 126 Å². The van der Waals surface area contributed by atoms with Gasteiger partial charge in [0.2, 0.25) is 0 Å². The molecule has 0 aromatic heterocycles. The van der Waals surface area contributed by atoms with Crippen molar-refractivity contribution in [2.45, 2.75) is 57.8 Å². The molecule has 0 aliphatic carbocycles. The predicted octanol–water partition coefficient (Wildman–Crippen LogP) is 3.39. The molecule has 3 rings (SSSR count). The summed E-state index contributed by atoms with van der Waals surface area (Å²) in [6, 6.07) is 8.26. The molecule has 0 unspecified atom stereocenters. The van der Waals surface area contributed by atoms with E-state index in [2.05, 4.69) is 13.0 Å². The van der Waals surface area contributed by atoms with E-state index >= 15 is 0 Å². The number of carbonyl (C=O) groups excluding carboxylic acids is 1. The molecule has 2 aliphatic rings. The van der Waals surface area contributed by atoms with Gasteiger partial charge in [-0.25, -0.2) is 4.79 Å². The van der Waals surface area contributed by atoms with Gasteiger partial charge in [-0.3, -0.25) is 0 Å². The third-order valence-electron chi connectivity index (χ3n) is 4.10. The van der Waals surface area contributed by atoms with Gasteiger partial charge in [-0.15, -0.1) is 0 Å². The maximum Gasteiger partial charge on any atom is 0.410 e. The van der Waals surface area contributed by atoms with Crippen LogP contribution in [0.1, 0.15) is 39.7 Å². The van der Waals surface area contributed by atoms with Crippen LogP contribution in [-0.4, -0.2) is 34.8 Å². The Morgan fingerprint density at radius 3 is 2.76 bits per heavy atom. The van der Waals surface area contributed by atoms with Crippen molar-refractivity contribution in [3.05, 3.63) is 29.8 Å². The molecule has 0 radical (unpaired) electrons. The normalized spacial score (nSPS) is 27.6. The molecule has 2 atom stereocenters. The fourth-order valence-corrected chi connectivity index (χ4v) is 3.31. The van der Waals surface area contributed by atoms with E-state index in [-0.39, 0.29) is 17.7 Å². The molecule has 1 saturated heterocycles. The lowest BCUT2D eigenvalue weighted by Gasteiger charge is -2.27. The summed E-state index contributed by atoms with van der Waals surface area (Å²) in [6.07, 6.45) is 1.47. The first kappa shape index (κ1) is 14.2. The SMILES string of the molecule is C[C@H]1C[C@]2(Cc3ccccc3O2)CN1C(=O)OC(C)(C)C. The van der Waals surface area contributed by atoms with Crippen LogP contribution in [-0.2, 0) is 11.2 Å². The van der Waals surface area contributed by atoms with Crippen molar-refractivity contribution >= 4 is 6.09 Å². The zero-order chi connectivity index (χ0) is 15.3. The number of likely N-dealkylation sites (tertiary alicyclic amines) is 1. The summed E-state index contributed by atoms with van der Waals surface area (Å²) in [5.41, 5.74) is 0.488. The number of hydrogen-bond acceptors (Lipinski definition) is 3. The maximum atomic E-state index is 12.3. The predicted molar refractivity (Wildman–Crippen MR) is 80.5 cm³/mol. The van der Waals surface area contributed by atoms with E-state index < -0.39 is 5.60 Å². The second-order valence-corrected chi connectivity index (χ2v) is 7.23. The zero-order valence-corrected chi connectivity index (χ0v) is 13.2. The number of fused-ring (bicyclic) bond motifs is 1. The van der Waals surface area contributed by atoms with Crippen LogP contribution in [0.25, 0.3) is 0 Å². The van der Waals surface area contributed by atoms with Crippen molar-refractivity contribution in [1.82, 2.24) is 4.90 Å². The minimum atomic E-state index is -0.466. The maximum absolute atomic E-state index is 12.3. The van der Waals surface area contributed by atoms with Gasteiger partial charge in [0.25, 0.3) is 0 Å². The standard InChI is InChI=1S/C17H23NO3/c1-12-9-17(10-13-7-5-6-8-14(13)20-17)11-18(12)15(19)21-16(2,3)4/h5-8,12H,9-11H2,1-4H3/t12-,17-/m0/s1. The van der Waals surface area contributed by atoms with Gasteiger partial charge >= 0.3 is 6.09 Å². The highest BCUT2D eigenvalue weighted by atomic mass is 16.6. The van der Waals surface area contributed by atoms with E-state index in [1.54, 1.807) is 4.90 Å². The van der Waals surface area contributed by atoms with Crippen LogP contribution in [0.4, 0.5) is 4.79 Å². The van der Waals surface area contributed by atoms with Crippen molar-refractivity contribution < 1.29 is 14.3 Å². The van der Waals surface area contributed by atoms with Crippen LogP contribution in [0.15, 0.2) is 24.3 Å². The molecule has 1 spiro atoms. The summed E-state index contributed by atoms with van der Waals surface area (Å²) in [5.74, 6) is 0.954. The average Bonchev–Trinajstić information content (AvgIpc) is 2.86. The van der Waals surface area contributed by atoms with Crippen LogP contribution in [0, 0.1) is 0 Å². The lowest BCUT2D eigenvalue weighted by Crippen LogP contribution is -2.42. The molecule has 1 aromatic rings. The van der Waals surface area contributed by atoms with Crippen LogP contribution in [0.2, 0.25) is 0 Å². The molecular formula is C17H23NO3. The lowest BCUT2D eigenvalue weighted by atomic mass is 9.95. The van der Waals surface area contributed by atoms with Crippen molar-refractivity contribution in [1.29, 1.82) is 0 Å². The summed E-state index contributed by atoms with van der Waals surface area (Å²) in [5, 5.41) is 0. The minimum Gasteiger partial charge on any atom is -0.485 e. The average molecular weight is 289 g/mol. The van der Waals surface area contributed by atoms with Crippen molar-refractivity contribution in [2.24, 2.45) is 0 Å². The van der Waals surface area contributed by atoms with Gasteiger partial charge in [-0.2, -0.15) is 0 Å². The Bertz CT molecular complexity index is 536. The minimum absolute atomic E-state index is 0.133. The van der Waals surface area contributed by atoms with Gasteiger partial charge in [-0.1, -0.05) is 18.2 Å². The molecule has 0 bridgehead atoms. The summed E-state index contributed by atoms with van der Waals surface area (Å²) in [6.45, 7) is 8.33. The molecular weight excluding hydrogens is 266 g/mol. The quantitative estimate of drug-likeness (QED) is 0.735. The van der Waals surface area contributed by atoms with E-state index in [1.807, 2.05) is 39.0 Å². The van der Waals surface area contributed by atoms with E-state index in [0.717, 1.165) is 18.6 Å². The highest BCUT2D eigenvalue weighted by Gasteiger charge is 2.50. The number of nitrogens with zero attached hydrogens (tertiary/aromatic N) is 1. The molecule has 114 valence electrons. The van der Waals surface area contributed by atoms with E-state index in [4.69, 9.17) is 9.47 Å². The van der Waals surface area contributed by atoms with Gasteiger partial charge in [0, 0.05) is 18.9 Å². The number of para-hydroxylation sites is 1. The first-order chi connectivity index (χ1) is 9.78. The molecule has 1 fully saturated rings. The van der Waals surface area contributed by atoms with Gasteiger partial charge in [0.1, 0.15) is 17.0 Å². The third kappa shape index (κ3) is 2.71. The molecule has 21 heavy (non-hydrogen) atoms. The van der Waals surface area contributed by atoms with Crippen molar-refractivity contribution in [2.75, 3.05) is 6.54 Å². The highest BCUT2D eigenvalue weighted by molar-refractivity contribution is 5.69. The summed E-state index contributed by atoms with van der Waals surface area (Å²) >= 11 is 0. The van der Waals surface area contributed by atoms with Crippen molar-refractivity contribution in [3.63, 3.8) is 0 Å². The fourth-order valence-electron chi connectivity index (χ4n) is 3.31. The van der Waals surface area contributed by atoms with E-state index in [1.165, 1.54) is 5.56 Å². The summed E-state index contributed by atoms with van der Waals surface area (Å²) in [4.78, 5) is 14.1. The first-order valence-electron chi connectivity index (χ1n) is 7.55. The number of carbonyl (C=O) groups is 1. The molecule has 2 aliphatic heterocycles. The molecule has 0 saturated carbocycles. The summed E-state index contributed by atoms with van der Waals surface area (Å²) < 4.78 is 11.7. The van der Waals surface area contributed by atoms with Crippen LogP contribution < -0.4 is 4.74 Å². The lowest BCUT2D eigenvalue weighted by molar-refractivity contribution is 0.0191. The smallest absolute Gasteiger partial charge is 0.410 e. The Balaban J connectivity index is 1.74. The highest BCUT2D eigenvalue weighted by Crippen LogP contribution is 2.42. The molecule has 1 aromatic carbocycles. The van der Waals surface area contributed by atoms with Crippen molar-refractivity contribution in [3.8, 4) is 5.75 Å². The topological polar surface area (TPSA) is 38.8 Å². The second kappa shape index (κ2) is 4.65. The van der Waals surface area contributed by atoms with Gasteiger partial charge in [0.05, 0.1) is 6.54 Å². The van der Waals surface area contributed by atoms with E-state index in [0.29, 0.717) is 6.54 Å². The molecule has 4 heteroatoms. The van der Waals surface area contributed by atoms with Crippen LogP contribution in [0.5, 0.6) is 5.75 Å². The van der Waals surface area contributed by atoms with Gasteiger partial charge in [0.15, 0.2) is 0 Å². The number of amides is 1. The molecule has 0 N–H and O–H groups in total. The Kier molecular flexibility index (Phi) is 3.15. The fraction of sp³-hybridized carbons (Fsp3) is 0.588. The Hall–Kier alpha value is -1.71. The second-order valence-electron chi connectivity index (χ2n) is 7.23. The van der Waals surface area contributed by atoms with Crippen LogP contribution in [0.3, 0.4) is 0 Å². The number of hydrogen-bond donors (Lipinski definition) is 0. The zero-order valence-electron chi connectivity index (χ0n) is 13.2. The van der Waals surface area contributed by atoms with Gasteiger partial charge in [-0.05, 0) is 39.3 Å².